The maximum absolute atomic E-state index is 12.6. The number of hydrogen-bond donors (Lipinski definition) is 0. The topological polar surface area (TPSA) is 65.1 Å². The first kappa shape index (κ1) is 18.1. The van der Waals surface area contributed by atoms with Gasteiger partial charge < -0.3 is 14.2 Å². The third kappa shape index (κ3) is 3.93. The lowest BCUT2D eigenvalue weighted by Gasteiger charge is -2.26. The Morgan fingerprint density at radius 1 is 1.30 bits per heavy atom. The Morgan fingerprint density at radius 2 is 2.11 bits per heavy atom. The van der Waals surface area contributed by atoms with Gasteiger partial charge >= 0.3 is 0 Å². The molecule has 0 saturated carbocycles. The highest BCUT2D eigenvalue weighted by Gasteiger charge is 2.29. The van der Waals surface area contributed by atoms with Gasteiger partial charge in [-0.25, -0.2) is 4.90 Å². The summed E-state index contributed by atoms with van der Waals surface area (Å²) in [5.74, 6) is 3.01. The van der Waals surface area contributed by atoms with Crippen LogP contribution < -0.4 is 19.1 Å². The molecule has 1 heterocycles. The number of benzene rings is 2. The summed E-state index contributed by atoms with van der Waals surface area (Å²) in [5, 5.41) is 0. The van der Waals surface area contributed by atoms with Gasteiger partial charge in [0.2, 0.25) is 0 Å². The average Bonchev–Trinajstić information content (AvgIpc) is 2.70. The molecule has 136 valence electrons. The van der Waals surface area contributed by atoms with Crippen LogP contribution in [0.3, 0.4) is 0 Å². The second-order valence-corrected chi connectivity index (χ2v) is 5.56. The second kappa shape index (κ2) is 8.11. The minimum Gasteiger partial charge on any atom is -0.493 e. The Morgan fingerprint density at radius 3 is 2.89 bits per heavy atom. The molecule has 1 aliphatic heterocycles. The number of carbonyl (C=O) groups is 2. The van der Waals surface area contributed by atoms with Gasteiger partial charge in [-0.05, 0) is 35.9 Å². The highest BCUT2D eigenvalue weighted by molar-refractivity contribution is 6.21. The van der Waals surface area contributed by atoms with E-state index in [0.717, 1.165) is 4.90 Å². The van der Waals surface area contributed by atoms with Gasteiger partial charge in [-0.2, -0.15) is 0 Å². The molecule has 0 aromatic heterocycles. The zero-order valence-corrected chi connectivity index (χ0v) is 14.7. The lowest BCUT2D eigenvalue weighted by molar-refractivity contribution is -0.126. The average molecular weight is 363 g/mol. The normalized spacial score (nSPS) is 12.9. The van der Waals surface area contributed by atoms with Crippen LogP contribution in [-0.2, 0) is 9.59 Å². The van der Waals surface area contributed by atoms with Crippen molar-refractivity contribution in [1.82, 2.24) is 0 Å². The van der Waals surface area contributed by atoms with E-state index in [-0.39, 0.29) is 13.2 Å². The van der Waals surface area contributed by atoms with E-state index in [4.69, 9.17) is 20.6 Å². The van der Waals surface area contributed by atoms with E-state index in [1.807, 2.05) is 0 Å². The zero-order valence-electron chi connectivity index (χ0n) is 14.7. The van der Waals surface area contributed by atoms with Crippen LogP contribution in [0, 0.1) is 12.3 Å². The van der Waals surface area contributed by atoms with Crippen molar-refractivity contribution in [3.05, 3.63) is 54.1 Å². The largest absolute Gasteiger partial charge is 0.493 e. The molecule has 0 radical (unpaired) electrons. The van der Waals surface area contributed by atoms with Crippen LogP contribution in [0.2, 0.25) is 0 Å². The molecule has 6 nitrogen and oxygen atoms in total. The maximum atomic E-state index is 12.6. The first-order chi connectivity index (χ1) is 13.1. The van der Waals surface area contributed by atoms with Gasteiger partial charge in [-0.15, -0.1) is 6.42 Å². The van der Waals surface area contributed by atoms with Gasteiger partial charge in [-0.1, -0.05) is 24.1 Å². The molecule has 0 unspecified atom stereocenters. The molecule has 0 N–H and O–H groups in total. The fourth-order valence-corrected chi connectivity index (χ4v) is 2.61. The van der Waals surface area contributed by atoms with E-state index >= 15 is 0 Å². The molecule has 0 bridgehead atoms. The second-order valence-electron chi connectivity index (χ2n) is 5.56. The number of anilines is 1. The van der Waals surface area contributed by atoms with Crippen molar-refractivity contribution in [2.75, 3.05) is 25.2 Å². The Labute approximate surface area is 157 Å². The Balaban J connectivity index is 1.81. The van der Waals surface area contributed by atoms with Gasteiger partial charge in [0.25, 0.3) is 11.8 Å². The number of rotatable bonds is 5. The summed E-state index contributed by atoms with van der Waals surface area (Å²) in [4.78, 5) is 25.8. The smallest absolute Gasteiger partial charge is 0.272 e. The van der Waals surface area contributed by atoms with E-state index in [1.54, 1.807) is 48.5 Å². The van der Waals surface area contributed by atoms with Crippen molar-refractivity contribution in [2.45, 2.75) is 0 Å². The van der Waals surface area contributed by atoms with Crippen molar-refractivity contribution in [3.8, 4) is 29.6 Å². The SMILES string of the molecule is C#CCOc1ccc(C=CC(=O)N2C(=O)COc3ccccc32)cc1OC. The third-order valence-electron chi connectivity index (χ3n) is 3.84. The molecule has 2 amide bonds. The predicted molar refractivity (Wildman–Crippen MR) is 101 cm³/mol. The summed E-state index contributed by atoms with van der Waals surface area (Å²) < 4.78 is 16.0. The molecule has 0 fully saturated rings. The minimum absolute atomic E-state index is 0.128. The molecule has 1 aliphatic rings. The Kier molecular flexibility index (Phi) is 5.43. The molecule has 27 heavy (non-hydrogen) atoms. The van der Waals surface area contributed by atoms with Crippen LogP contribution in [0.25, 0.3) is 6.08 Å². The molecule has 2 aromatic rings. The summed E-state index contributed by atoms with van der Waals surface area (Å²) in [6, 6.07) is 12.1. The van der Waals surface area contributed by atoms with E-state index in [0.29, 0.717) is 28.5 Å². The van der Waals surface area contributed by atoms with Crippen LogP contribution in [0.15, 0.2) is 48.5 Å². The van der Waals surface area contributed by atoms with Crippen molar-refractivity contribution in [2.24, 2.45) is 0 Å². The number of nitrogens with zero attached hydrogens (tertiary/aromatic N) is 1. The summed E-state index contributed by atoms with van der Waals surface area (Å²) in [6.45, 7) is -0.0474. The minimum atomic E-state index is -0.456. The molecule has 3 rings (SSSR count). The third-order valence-corrected chi connectivity index (χ3v) is 3.84. The number of methoxy groups -OCH3 is 1. The van der Waals surface area contributed by atoms with Crippen LogP contribution >= 0.6 is 0 Å². The monoisotopic (exact) mass is 363 g/mol. The Bertz CT molecular complexity index is 942. The van der Waals surface area contributed by atoms with E-state index in [2.05, 4.69) is 5.92 Å². The molecule has 0 aliphatic carbocycles. The van der Waals surface area contributed by atoms with Crippen LogP contribution in [0.4, 0.5) is 5.69 Å². The molecular weight excluding hydrogens is 346 g/mol. The van der Waals surface area contributed by atoms with Gasteiger partial charge in [-0.3, -0.25) is 9.59 Å². The first-order valence-electron chi connectivity index (χ1n) is 8.15. The van der Waals surface area contributed by atoms with Gasteiger partial charge in [0.15, 0.2) is 18.1 Å². The predicted octanol–water partition coefficient (Wildman–Crippen LogP) is 2.67. The molecule has 2 aromatic carbocycles. The summed E-state index contributed by atoms with van der Waals surface area (Å²) in [7, 11) is 1.51. The molecule has 0 atom stereocenters. The molecule has 6 heteroatoms. The van der Waals surface area contributed by atoms with E-state index in [9.17, 15) is 9.59 Å². The summed E-state index contributed by atoms with van der Waals surface area (Å²) >= 11 is 0. The van der Waals surface area contributed by atoms with Crippen LogP contribution in [0.1, 0.15) is 5.56 Å². The van der Waals surface area contributed by atoms with E-state index < -0.39 is 11.8 Å². The van der Waals surface area contributed by atoms with Crippen molar-refractivity contribution in [3.63, 3.8) is 0 Å². The van der Waals surface area contributed by atoms with Crippen molar-refractivity contribution >= 4 is 23.6 Å². The van der Waals surface area contributed by atoms with Crippen LogP contribution in [-0.4, -0.2) is 32.1 Å². The highest BCUT2D eigenvalue weighted by atomic mass is 16.5. The fraction of sp³-hybridized carbons (Fsp3) is 0.143. The number of carbonyl (C=O) groups excluding carboxylic acids is 2. The van der Waals surface area contributed by atoms with E-state index in [1.165, 1.54) is 13.2 Å². The Hall–Kier alpha value is -3.72. The summed E-state index contributed by atoms with van der Waals surface area (Å²) in [5.41, 5.74) is 1.14. The maximum Gasteiger partial charge on any atom is 0.272 e. The number of imide groups is 1. The lowest BCUT2D eigenvalue weighted by Crippen LogP contribution is -2.42. The molecule has 0 spiro atoms. The number of fused-ring (bicyclic) bond motifs is 1. The number of ether oxygens (including phenoxy) is 3. The number of amides is 2. The van der Waals surface area contributed by atoms with Gasteiger partial charge in [0.1, 0.15) is 12.4 Å². The standard InChI is InChI=1S/C21H17NO5/c1-3-12-26-18-10-8-15(13-19(18)25-2)9-11-20(23)22-16-6-4-5-7-17(16)27-14-21(22)24/h1,4-11,13H,12,14H2,2H3. The quantitative estimate of drug-likeness (QED) is 0.604. The fourth-order valence-electron chi connectivity index (χ4n) is 2.61. The molecule has 0 saturated heterocycles. The first-order valence-corrected chi connectivity index (χ1v) is 8.15. The number of para-hydroxylation sites is 2. The number of hydrogen-bond acceptors (Lipinski definition) is 5. The summed E-state index contributed by atoms with van der Waals surface area (Å²) in [6.07, 6.45) is 8.12. The zero-order chi connectivity index (χ0) is 19.2. The van der Waals surface area contributed by atoms with Crippen molar-refractivity contribution in [1.29, 1.82) is 0 Å². The lowest BCUT2D eigenvalue weighted by atomic mass is 10.1. The van der Waals surface area contributed by atoms with Crippen molar-refractivity contribution < 1.29 is 23.8 Å². The van der Waals surface area contributed by atoms with Crippen LogP contribution in [0.5, 0.6) is 17.2 Å². The van der Waals surface area contributed by atoms with Gasteiger partial charge in [0.05, 0.1) is 12.8 Å². The number of terminal acetylenes is 1. The molecular formula is C21H17NO5. The highest BCUT2D eigenvalue weighted by Crippen LogP contribution is 2.32. The van der Waals surface area contributed by atoms with Gasteiger partial charge in [0, 0.05) is 6.08 Å².